The van der Waals surface area contributed by atoms with Crippen LogP contribution in [0.15, 0.2) is 12.3 Å². The van der Waals surface area contributed by atoms with Crippen molar-refractivity contribution in [2.75, 3.05) is 32.0 Å². The molecule has 1 atom stereocenters. The van der Waals surface area contributed by atoms with Crippen molar-refractivity contribution in [2.24, 2.45) is 5.92 Å². The lowest BCUT2D eigenvalue weighted by atomic mass is 10.1. The molecule has 6 nitrogen and oxygen atoms in total. The number of likely N-dealkylation sites (tertiary alicyclic amines) is 1. The molecule has 2 heterocycles. The Kier molecular flexibility index (Phi) is 3.98. The van der Waals surface area contributed by atoms with E-state index >= 15 is 0 Å². The average Bonchev–Trinajstić information content (AvgIpc) is 2.73. The van der Waals surface area contributed by atoms with Gasteiger partial charge in [-0.1, -0.05) is 11.6 Å². The SMILES string of the molecule is CN1CCC(CNc2ncc([N+](=O)[O-])cc2Cl)C1. The highest BCUT2D eigenvalue weighted by Crippen LogP contribution is 2.24. The zero-order chi connectivity index (χ0) is 13.1. The van der Waals surface area contributed by atoms with Crippen molar-refractivity contribution in [1.82, 2.24) is 9.88 Å². The van der Waals surface area contributed by atoms with Crippen molar-refractivity contribution in [3.05, 3.63) is 27.4 Å². The predicted molar refractivity (Wildman–Crippen MR) is 70.0 cm³/mol. The summed E-state index contributed by atoms with van der Waals surface area (Å²) in [5, 5.41) is 14.0. The van der Waals surface area contributed by atoms with E-state index in [1.165, 1.54) is 12.3 Å². The molecule has 1 aliphatic heterocycles. The van der Waals surface area contributed by atoms with Gasteiger partial charge in [-0.05, 0) is 25.9 Å². The molecule has 7 heteroatoms. The number of pyridine rings is 1. The zero-order valence-corrected chi connectivity index (χ0v) is 10.9. The molecule has 1 aromatic rings. The topological polar surface area (TPSA) is 71.3 Å². The van der Waals surface area contributed by atoms with Crippen LogP contribution in [-0.2, 0) is 0 Å². The van der Waals surface area contributed by atoms with Crippen molar-refractivity contribution in [1.29, 1.82) is 0 Å². The quantitative estimate of drug-likeness (QED) is 0.669. The minimum atomic E-state index is -0.505. The highest BCUT2D eigenvalue weighted by atomic mass is 35.5. The van der Waals surface area contributed by atoms with Crippen LogP contribution >= 0.6 is 11.6 Å². The molecule has 0 aromatic carbocycles. The van der Waals surface area contributed by atoms with Gasteiger partial charge < -0.3 is 10.2 Å². The lowest BCUT2D eigenvalue weighted by Gasteiger charge is -2.12. The molecule has 1 fully saturated rings. The number of hydrogen-bond acceptors (Lipinski definition) is 5. The van der Waals surface area contributed by atoms with Crippen LogP contribution < -0.4 is 5.32 Å². The molecule has 0 radical (unpaired) electrons. The minimum Gasteiger partial charge on any atom is -0.369 e. The number of nitrogens with one attached hydrogen (secondary N) is 1. The molecule has 1 N–H and O–H groups in total. The Morgan fingerprint density at radius 1 is 1.72 bits per heavy atom. The van der Waals surface area contributed by atoms with Gasteiger partial charge in [0.2, 0.25) is 0 Å². The smallest absolute Gasteiger partial charge is 0.289 e. The molecule has 1 saturated heterocycles. The molecule has 0 bridgehead atoms. The van der Waals surface area contributed by atoms with Gasteiger partial charge in [-0.2, -0.15) is 0 Å². The molecule has 1 unspecified atom stereocenters. The van der Waals surface area contributed by atoms with Gasteiger partial charge in [-0.3, -0.25) is 10.1 Å². The van der Waals surface area contributed by atoms with Gasteiger partial charge >= 0.3 is 0 Å². The van der Waals surface area contributed by atoms with E-state index in [1.807, 2.05) is 0 Å². The van der Waals surface area contributed by atoms with Gasteiger partial charge in [0, 0.05) is 19.2 Å². The van der Waals surface area contributed by atoms with Crippen LogP contribution in [0.2, 0.25) is 5.02 Å². The van der Waals surface area contributed by atoms with E-state index in [0.29, 0.717) is 11.7 Å². The van der Waals surface area contributed by atoms with Gasteiger partial charge in [0.1, 0.15) is 12.0 Å². The average molecular weight is 271 g/mol. The molecule has 98 valence electrons. The molecule has 2 rings (SSSR count). The van der Waals surface area contributed by atoms with Gasteiger partial charge in [0.15, 0.2) is 0 Å². The first-order valence-electron chi connectivity index (χ1n) is 5.78. The standard InChI is InChI=1S/C11H15ClN4O2/c1-15-3-2-8(7-15)5-13-11-10(12)4-9(6-14-11)16(17)18/h4,6,8H,2-3,5,7H2,1H3,(H,13,14). The van der Waals surface area contributed by atoms with Gasteiger partial charge in [-0.15, -0.1) is 0 Å². The molecule has 1 aromatic heterocycles. The summed E-state index contributed by atoms with van der Waals surface area (Å²) in [4.78, 5) is 16.3. The lowest BCUT2D eigenvalue weighted by molar-refractivity contribution is -0.385. The number of nitrogens with zero attached hydrogens (tertiary/aromatic N) is 3. The number of aromatic nitrogens is 1. The Labute approximate surface area is 110 Å². The van der Waals surface area contributed by atoms with Gasteiger partial charge in [0.25, 0.3) is 5.69 Å². The Bertz CT molecular complexity index is 455. The normalized spacial score (nSPS) is 20.0. The van der Waals surface area contributed by atoms with Crippen molar-refractivity contribution in [2.45, 2.75) is 6.42 Å². The maximum absolute atomic E-state index is 10.5. The largest absolute Gasteiger partial charge is 0.369 e. The van der Waals surface area contributed by atoms with Crippen LogP contribution in [0.1, 0.15) is 6.42 Å². The van der Waals surface area contributed by atoms with Crippen molar-refractivity contribution < 1.29 is 4.92 Å². The Morgan fingerprint density at radius 2 is 2.50 bits per heavy atom. The maximum Gasteiger partial charge on any atom is 0.289 e. The fraction of sp³-hybridized carbons (Fsp3) is 0.545. The van der Waals surface area contributed by atoms with E-state index in [1.54, 1.807) is 0 Å². The molecule has 0 saturated carbocycles. The summed E-state index contributed by atoms with van der Waals surface area (Å²) in [5.74, 6) is 1.08. The highest BCUT2D eigenvalue weighted by Gasteiger charge is 2.19. The third-order valence-corrected chi connectivity index (χ3v) is 3.37. The molecule has 18 heavy (non-hydrogen) atoms. The van der Waals surface area contributed by atoms with E-state index in [0.717, 1.165) is 26.1 Å². The zero-order valence-electron chi connectivity index (χ0n) is 10.1. The van der Waals surface area contributed by atoms with Gasteiger partial charge in [-0.25, -0.2) is 4.98 Å². The second-order valence-electron chi connectivity index (χ2n) is 4.58. The lowest BCUT2D eigenvalue weighted by Crippen LogP contribution is -2.19. The minimum absolute atomic E-state index is 0.0915. The monoisotopic (exact) mass is 270 g/mol. The first-order chi connectivity index (χ1) is 8.56. The summed E-state index contributed by atoms with van der Waals surface area (Å²) in [6.07, 6.45) is 2.36. The third kappa shape index (κ3) is 3.08. The van der Waals surface area contributed by atoms with E-state index < -0.39 is 4.92 Å². The number of rotatable bonds is 4. The number of anilines is 1. The molecular formula is C11H15ClN4O2. The van der Waals surface area contributed by atoms with Crippen molar-refractivity contribution in [3.8, 4) is 0 Å². The van der Waals surface area contributed by atoms with Crippen LogP contribution in [0.5, 0.6) is 0 Å². The summed E-state index contributed by atoms with van der Waals surface area (Å²) < 4.78 is 0. The van der Waals surface area contributed by atoms with Crippen LogP contribution in [-0.4, -0.2) is 41.5 Å². The van der Waals surface area contributed by atoms with Crippen molar-refractivity contribution in [3.63, 3.8) is 0 Å². The van der Waals surface area contributed by atoms with Crippen LogP contribution in [0, 0.1) is 16.0 Å². The fourth-order valence-corrected chi connectivity index (χ4v) is 2.32. The van der Waals surface area contributed by atoms with Crippen LogP contribution in [0.25, 0.3) is 0 Å². The number of nitro groups is 1. The summed E-state index contributed by atoms with van der Waals surface area (Å²) in [7, 11) is 2.09. The molecule has 1 aliphatic rings. The van der Waals surface area contributed by atoms with E-state index in [4.69, 9.17) is 11.6 Å². The Morgan fingerprint density at radius 3 is 3.06 bits per heavy atom. The predicted octanol–water partition coefficient (Wildman–Crippen LogP) is 2.01. The number of hydrogen-bond donors (Lipinski definition) is 1. The Balaban J connectivity index is 1.95. The Hall–Kier alpha value is -1.40. The first-order valence-corrected chi connectivity index (χ1v) is 6.16. The van der Waals surface area contributed by atoms with E-state index in [9.17, 15) is 10.1 Å². The summed E-state index contributed by atoms with van der Waals surface area (Å²) in [6, 6.07) is 1.32. The molecule has 0 amide bonds. The highest BCUT2D eigenvalue weighted by molar-refractivity contribution is 6.33. The van der Waals surface area contributed by atoms with Gasteiger partial charge in [0.05, 0.1) is 9.95 Å². The van der Waals surface area contributed by atoms with Crippen molar-refractivity contribution >= 4 is 23.1 Å². The molecule has 0 aliphatic carbocycles. The first kappa shape index (κ1) is 13.0. The summed E-state index contributed by atoms with van der Waals surface area (Å²) in [5.41, 5.74) is -0.0915. The van der Waals surface area contributed by atoms with E-state index in [2.05, 4.69) is 22.2 Å². The number of halogens is 1. The summed E-state index contributed by atoms with van der Waals surface area (Å²) >= 11 is 5.95. The van der Waals surface area contributed by atoms with Crippen LogP contribution in [0.3, 0.4) is 0 Å². The molecular weight excluding hydrogens is 256 g/mol. The second-order valence-corrected chi connectivity index (χ2v) is 4.99. The van der Waals surface area contributed by atoms with Crippen LogP contribution in [0.4, 0.5) is 11.5 Å². The fourth-order valence-electron chi connectivity index (χ4n) is 2.09. The molecule has 0 spiro atoms. The third-order valence-electron chi connectivity index (χ3n) is 3.08. The summed E-state index contributed by atoms with van der Waals surface area (Å²) in [6.45, 7) is 2.94. The second kappa shape index (κ2) is 5.49. The maximum atomic E-state index is 10.5. The van der Waals surface area contributed by atoms with E-state index in [-0.39, 0.29) is 10.7 Å².